The van der Waals surface area contributed by atoms with Gasteiger partial charge in [0.1, 0.15) is 0 Å². The molecule has 1 aliphatic heterocycles. The SMILES string of the molecule is CCCNC1CCC(C)CC1CN1CCCN(C)CC1. The van der Waals surface area contributed by atoms with E-state index in [1.807, 2.05) is 0 Å². The molecule has 0 spiro atoms. The lowest BCUT2D eigenvalue weighted by Gasteiger charge is -2.38. The van der Waals surface area contributed by atoms with Gasteiger partial charge in [0.15, 0.2) is 0 Å². The van der Waals surface area contributed by atoms with Crippen molar-refractivity contribution in [3.05, 3.63) is 0 Å². The monoisotopic (exact) mass is 281 g/mol. The average Bonchev–Trinajstić information content (AvgIpc) is 2.63. The van der Waals surface area contributed by atoms with E-state index in [-0.39, 0.29) is 0 Å². The van der Waals surface area contributed by atoms with Gasteiger partial charge in [0, 0.05) is 25.7 Å². The highest BCUT2D eigenvalue weighted by atomic mass is 15.2. The van der Waals surface area contributed by atoms with E-state index in [4.69, 9.17) is 0 Å². The third-order valence-corrected chi connectivity index (χ3v) is 5.21. The smallest absolute Gasteiger partial charge is 0.0109 e. The second kappa shape index (κ2) is 8.35. The summed E-state index contributed by atoms with van der Waals surface area (Å²) in [6.45, 7) is 12.3. The highest BCUT2D eigenvalue weighted by molar-refractivity contribution is 4.86. The van der Waals surface area contributed by atoms with Crippen LogP contribution in [-0.4, -0.2) is 62.2 Å². The van der Waals surface area contributed by atoms with Gasteiger partial charge in [0.25, 0.3) is 0 Å². The first-order valence-electron chi connectivity index (χ1n) is 8.83. The van der Waals surface area contributed by atoms with E-state index in [1.54, 1.807) is 0 Å². The van der Waals surface area contributed by atoms with Gasteiger partial charge in [0.05, 0.1) is 0 Å². The molecular weight excluding hydrogens is 246 g/mol. The molecule has 0 bridgehead atoms. The normalized spacial score (nSPS) is 34.0. The molecule has 20 heavy (non-hydrogen) atoms. The Kier molecular flexibility index (Phi) is 6.79. The molecule has 1 saturated carbocycles. The van der Waals surface area contributed by atoms with Gasteiger partial charge in [-0.05, 0) is 70.6 Å². The van der Waals surface area contributed by atoms with Gasteiger partial charge in [-0.3, -0.25) is 0 Å². The summed E-state index contributed by atoms with van der Waals surface area (Å²) in [5.74, 6) is 1.79. The molecule has 2 fully saturated rings. The lowest BCUT2D eigenvalue weighted by atomic mass is 9.78. The van der Waals surface area contributed by atoms with E-state index in [0.29, 0.717) is 0 Å². The maximum Gasteiger partial charge on any atom is 0.0109 e. The zero-order valence-electron chi connectivity index (χ0n) is 13.9. The number of rotatable bonds is 5. The van der Waals surface area contributed by atoms with Crippen molar-refractivity contribution in [2.75, 3.05) is 46.3 Å². The maximum absolute atomic E-state index is 3.82. The van der Waals surface area contributed by atoms with Crippen LogP contribution in [0.1, 0.15) is 46.0 Å². The van der Waals surface area contributed by atoms with Crippen LogP contribution in [-0.2, 0) is 0 Å². The fourth-order valence-electron chi connectivity index (χ4n) is 3.91. The van der Waals surface area contributed by atoms with Gasteiger partial charge in [-0.2, -0.15) is 0 Å². The van der Waals surface area contributed by atoms with E-state index >= 15 is 0 Å². The van der Waals surface area contributed by atoms with Crippen LogP contribution in [0.2, 0.25) is 0 Å². The zero-order valence-corrected chi connectivity index (χ0v) is 13.9. The number of hydrogen-bond acceptors (Lipinski definition) is 3. The van der Waals surface area contributed by atoms with Crippen LogP contribution in [0.25, 0.3) is 0 Å². The summed E-state index contributed by atoms with van der Waals surface area (Å²) < 4.78 is 0. The fraction of sp³-hybridized carbons (Fsp3) is 1.00. The molecule has 3 heteroatoms. The van der Waals surface area contributed by atoms with Crippen molar-refractivity contribution in [2.45, 2.75) is 52.0 Å². The van der Waals surface area contributed by atoms with E-state index in [9.17, 15) is 0 Å². The number of hydrogen-bond donors (Lipinski definition) is 1. The minimum atomic E-state index is 0.770. The van der Waals surface area contributed by atoms with Crippen molar-refractivity contribution in [1.29, 1.82) is 0 Å². The molecule has 0 amide bonds. The Morgan fingerprint density at radius 2 is 1.95 bits per heavy atom. The van der Waals surface area contributed by atoms with Gasteiger partial charge < -0.3 is 15.1 Å². The molecule has 0 aromatic carbocycles. The van der Waals surface area contributed by atoms with Crippen molar-refractivity contribution in [2.24, 2.45) is 11.8 Å². The molecule has 2 aliphatic rings. The molecule has 3 unspecified atom stereocenters. The Morgan fingerprint density at radius 3 is 2.75 bits per heavy atom. The molecule has 0 radical (unpaired) electrons. The van der Waals surface area contributed by atoms with E-state index in [1.165, 1.54) is 71.4 Å². The van der Waals surface area contributed by atoms with E-state index in [2.05, 4.69) is 36.0 Å². The number of likely N-dealkylation sites (N-methyl/N-ethyl adjacent to an activating group) is 1. The number of nitrogens with one attached hydrogen (secondary N) is 1. The van der Waals surface area contributed by atoms with Crippen molar-refractivity contribution in [1.82, 2.24) is 15.1 Å². The molecule has 2 rings (SSSR count). The van der Waals surface area contributed by atoms with Crippen LogP contribution in [0, 0.1) is 11.8 Å². The first-order chi connectivity index (χ1) is 9.69. The van der Waals surface area contributed by atoms with Crippen LogP contribution < -0.4 is 5.32 Å². The first-order valence-corrected chi connectivity index (χ1v) is 8.83. The second-order valence-corrected chi connectivity index (χ2v) is 7.20. The van der Waals surface area contributed by atoms with Crippen molar-refractivity contribution in [3.63, 3.8) is 0 Å². The van der Waals surface area contributed by atoms with E-state index < -0.39 is 0 Å². The van der Waals surface area contributed by atoms with Crippen molar-refractivity contribution >= 4 is 0 Å². The minimum Gasteiger partial charge on any atom is -0.314 e. The van der Waals surface area contributed by atoms with Gasteiger partial charge in [-0.15, -0.1) is 0 Å². The molecule has 118 valence electrons. The third-order valence-electron chi connectivity index (χ3n) is 5.21. The van der Waals surface area contributed by atoms with Crippen molar-refractivity contribution < 1.29 is 0 Å². The summed E-state index contributed by atoms with van der Waals surface area (Å²) in [6, 6.07) is 0.770. The Bertz CT molecular complexity index is 267. The standard InChI is InChI=1S/C17H35N3/c1-4-8-18-17-7-6-15(2)13-16(17)14-20-10-5-9-19(3)11-12-20/h15-18H,4-14H2,1-3H3. The molecule has 3 nitrogen and oxygen atoms in total. The fourth-order valence-corrected chi connectivity index (χ4v) is 3.91. The maximum atomic E-state index is 3.82. The van der Waals surface area contributed by atoms with Gasteiger partial charge in [-0.25, -0.2) is 0 Å². The van der Waals surface area contributed by atoms with Gasteiger partial charge in [0.2, 0.25) is 0 Å². The molecule has 1 heterocycles. The summed E-state index contributed by atoms with van der Waals surface area (Å²) >= 11 is 0. The minimum absolute atomic E-state index is 0.770. The Labute approximate surface area is 126 Å². The quantitative estimate of drug-likeness (QED) is 0.835. The summed E-state index contributed by atoms with van der Waals surface area (Å²) in [7, 11) is 2.26. The molecule has 0 aromatic heterocycles. The van der Waals surface area contributed by atoms with Crippen LogP contribution in [0.15, 0.2) is 0 Å². The summed E-state index contributed by atoms with van der Waals surface area (Å²) in [5, 5.41) is 3.82. The summed E-state index contributed by atoms with van der Waals surface area (Å²) in [6.07, 6.45) is 6.83. The highest BCUT2D eigenvalue weighted by Gasteiger charge is 2.29. The zero-order chi connectivity index (χ0) is 14.4. The number of nitrogens with zero attached hydrogens (tertiary/aromatic N) is 2. The molecule has 1 N–H and O–H groups in total. The average molecular weight is 281 g/mol. The highest BCUT2D eigenvalue weighted by Crippen LogP contribution is 2.30. The lowest BCUT2D eigenvalue weighted by molar-refractivity contribution is 0.147. The molecule has 3 atom stereocenters. The Hall–Kier alpha value is -0.120. The summed E-state index contributed by atoms with van der Waals surface area (Å²) in [4.78, 5) is 5.21. The van der Waals surface area contributed by atoms with Gasteiger partial charge in [-0.1, -0.05) is 13.8 Å². The molecule has 1 aliphatic carbocycles. The van der Waals surface area contributed by atoms with Crippen molar-refractivity contribution in [3.8, 4) is 0 Å². The largest absolute Gasteiger partial charge is 0.314 e. The van der Waals surface area contributed by atoms with Crippen LogP contribution in [0.5, 0.6) is 0 Å². The van der Waals surface area contributed by atoms with Crippen LogP contribution in [0.4, 0.5) is 0 Å². The molecule has 1 saturated heterocycles. The second-order valence-electron chi connectivity index (χ2n) is 7.20. The first kappa shape index (κ1) is 16.3. The Morgan fingerprint density at radius 1 is 1.10 bits per heavy atom. The molecule has 0 aromatic rings. The Balaban J connectivity index is 1.85. The van der Waals surface area contributed by atoms with Gasteiger partial charge >= 0.3 is 0 Å². The summed E-state index contributed by atoms with van der Waals surface area (Å²) in [5.41, 5.74) is 0. The third kappa shape index (κ3) is 5.01. The topological polar surface area (TPSA) is 18.5 Å². The predicted octanol–water partition coefficient (Wildman–Crippen LogP) is 2.43. The van der Waals surface area contributed by atoms with Crippen LogP contribution in [0.3, 0.4) is 0 Å². The van der Waals surface area contributed by atoms with Crippen LogP contribution >= 0.6 is 0 Å². The molecular formula is C17H35N3. The van der Waals surface area contributed by atoms with E-state index in [0.717, 1.165) is 17.9 Å². The predicted molar refractivity (Wildman–Crippen MR) is 87.1 cm³/mol. The lowest BCUT2D eigenvalue weighted by Crippen LogP contribution is -2.46.